The van der Waals surface area contributed by atoms with Crippen molar-refractivity contribution in [1.29, 1.82) is 0 Å². The number of hydrogen-bond donors (Lipinski definition) is 3. The zero-order valence-electron chi connectivity index (χ0n) is 15.0. The van der Waals surface area contributed by atoms with Crippen molar-refractivity contribution in [2.24, 2.45) is 33.5 Å². The van der Waals surface area contributed by atoms with Gasteiger partial charge in [-0.1, -0.05) is 17.2 Å². The van der Waals surface area contributed by atoms with Gasteiger partial charge in [-0.05, 0) is 80.3 Å². The standard InChI is InChI=1S/C19H27N3O3/c1-18-7-5-11(21-24)9-15(18)16(22-25)10-12-13(18)6-8-19(2)14(12)3-4-17(23)20-19/h9,12-14,24-25H,3-8,10H2,1-2H3,(H,20,23)/b21-11+,22-16+. The third kappa shape index (κ3) is 2.33. The number of fused-ring (bicyclic) bond motifs is 5. The summed E-state index contributed by atoms with van der Waals surface area (Å²) >= 11 is 0. The van der Waals surface area contributed by atoms with Gasteiger partial charge in [-0.3, -0.25) is 4.79 Å². The lowest BCUT2D eigenvalue weighted by atomic mass is 9.47. The molecule has 0 radical (unpaired) electrons. The molecule has 136 valence electrons. The molecule has 3 aliphatic carbocycles. The van der Waals surface area contributed by atoms with Crippen LogP contribution in [0.5, 0.6) is 0 Å². The van der Waals surface area contributed by atoms with Crippen LogP contribution in [0.15, 0.2) is 22.0 Å². The van der Waals surface area contributed by atoms with E-state index >= 15 is 0 Å². The van der Waals surface area contributed by atoms with Crippen molar-refractivity contribution >= 4 is 17.3 Å². The number of carbonyl (C=O) groups excluding carboxylic acids is 1. The predicted molar refractivity (Wildman–Crippen MR) is 94.0 cm³/mol. The Hall–Kier alpha value is -1.85. The molecule has 0 aromatic heterocycles. The lowest BCUT2D eigenvalue weighted by Crippen LogP contribution is -2.63. The second-order valence-corrected chi connectivity index (χ2v) is 8.74. The third-order valence-corrected chi connectivity index (χ3v) is 7.57. The van der Waals surface area contributed by atoms with Gasteiger partial charge in [0.15, 0.2) is 0 Å². The number of nitrogens with zero attached hydrogens (tertiary/aromatic N) is 2. The number of carbonyl (C=O) groups is 1. The van der Waals surface area contributed by atoms with Crippen LogP contribution in [0.4, 0.5) is 0 Å². The van der Waals surface area contributed by atoms with Crippen LogP contribution in [-0.2, 0) is 4.79 Å². The highest BCUT2D eigenvalue weighted by Crippen LogP contribution is 2.60. The molecule has 1 aliphatic heterocycles. The summed E-state index contributed by atoms with van der Waals surface area (Å²) in [6, 6.07) is 0. The molecular weight excluding hydrogens is 318 g/mol. The number of hydrogen-bond acceptors (Lipinski definition) is 5. The fourth-order valence-electron chi connectivity index (χ4n) is 6.27. The zero-order chi connectivity index (χ0) is 17.8. The van der Waals surface area contributed by atoms with Gasteiger partial charge in [-0.2, -0.15) is 0 Å². The summed E-state index contributed by atoms with van der Waals surface area (Å²) in [5.74, 6) is 1.52. The van der Waals surface area contributed by atoms with Gasteiger partial charge in [0.1, 0.15) is 0 Å². The van der Waals surface area contributed by atoms with Crippen molar-refractivity contribution < 1.29 is 15.2 Å². The third-order valence-electron chi connectivity index (χ3n) is 7.57. The van der Waals surface area contributed by atoms with E-state index in [2.05, 4.69) is 29.5 Å². The van der Waals surface area contributed by atoms with Crippen LogP contribution in [-0.4, -0.2) is 33.3 Å². The van der Waals surface area contributed by atoms with Crippen molar-refractivity contribution in [3.05, 3.63) is 11.6 Å². The van der Waals surface area contributed by atoms with Crippen LogP contribution in [0.3, 0.4) is 0 Å². The van der Waals surface area contributed by atoms with Crippen LogP contribution in [0.25, 0.3) is 0 Å². The molecule has 25 heavy (non-hydrogen) atoms. The molecule has 4 aliphatic rings. The van der Waals surface area contributed by atoms with Crippen molar-refractivity contribution in [3.63, 3.8) is 0 Å². The lowest BCUT2D eigenvalue weighted by Gasteiger charge is -2.59. The average Bonchev–Trinajstić information content (AvgIpc) is 2.59. The Morgan fingerprint density at radius 2 is 1.92 bits per heavy atom. The van der Waals surface area contributed by atoms with Crippen LogP contribution in [0.2, 0.25) is 0 Å². The van der Waals surface area contributed by atoms with Gasteiger partial charge < -0.3 is 15.7 Å². The normalized spacial score (nSPS) is 46.7. The average molecular weight is 345 g/mol. The predicted octanol–water partition coefficient (Wildman–Crippen LogP) is 3.09. The molecule has 3 N–H and O–H groups in total. The molecule has 3 fully saturated rings. The maximum Gasteiger partial charge on any atom is 0.220 e. The van der Waals surface area contributed by atoms with E-state index in [0.29, 0.717) is 29.9 Å². The first-order chi connectivity index (χ1) is 11.9. The van der Waals surface area contributed by atoms with E-state index in [1.54, 1.807) is 0 Å². The molecule has 5 unspecified atom stereocenters. The molecule has 5 atom stereocenters. The number of nitrogens with one attached hydrogen (secondary N) is 1. The topological polar surface area (TPSA) is 94.3 Å². The Labute approximate surface area is 148 Å². The van der Waals surface area contributed by atoms with Gasteiger partial charge in [-0.25, -0.2) is 0 Å². The Kier molecular flexibility index (Phi) is 3.71. The maximum atomic E-state index is 11.9. The van der Waals surface area contributed by atoms with Gasteiger partial charge in [-0.15, -0.1) is 0 Å². The smallest absolute Gasteiger partial charge is 0.220 e. The Bertz CT molecular complexity index is 698. The number of allylic oxidation sites excluding steroid dienone is 2. The summed E-state index contributed by atoms with van der Waals surface area (Å²) in [4.78, 5) is 11.9. The molecule has 1 amide bonds. The van der Waals surface area contributed by atoms with Crippen LogP contribution in [0.1, 0.15) is 58.8 Å². The van der Waals surface area contributed by atoms with Crippen molar-refractivity contribution in [2.75, 3.05) is 0 Å². The molecule has 0 spiro atoms. The zero-order valence-corrected chi connectivity index (χ0v) is 15.0. The first-order valence-corrected chi connectivity index (χ1v) is 9.37. The first kappa shape index (κ1) is 16.6. The molecule has 6 nitrogen and oxygen atoms in total. The Morgan fingerprint density at radius 3 is 2.64 bits per heavy atom. The van der Waals surface area contributed by atoms with Crippen LogP contribution >= 0.6 is 0 Å². The highest BCUT2D eigenvalue weighted by Gasteiger charge is 2.57. The largest absolute Gasteiger partial charge is 0.411 e. The van der Waals surface area contributed by atoms with Crippen LogP contribution < -0.4 is 5.32 Å². The summed E-state index contributed by atoms with van der Waals surface area (Å²) in [7, 11) is 0. The summed E-state index contributed by atoms with van der Waals surface area (Å²) in [6.07, 6.45) is 7.89. The molecule has 0 aromatic rings. The summed E-state index contributed by atoms with van der Waals surface area (Å²) in [5.41, 5.74) is 2.24. The molecule has 6 heteroatoms. The monoisotopic (exact) mass is 345 g/mol. The van der Waals surface area contributed by atoms with E-state index in [0.717, 1.165) is 49.8 Å². The summed E-state index contributed by atoms with van der Waals surface area (Å²) in [5, 5.41) is 29.1. The molecule has 2 saturated carbocycles. The highest BCUT2D eigenvalue weighted by atomic mass is 16.4. The Balaban J connectivity index is 1.75. The van der Waals surface area contributed by atoms with Crippen molar-refractivity contribution in [1.82, 2.24) is 5.32 Å². The Morgan fingerprint density at radius 1 is 1.12 bits per heavy atom. The maximum absolute atomic E-state index is 11.9. The fourth-order valence-corrected chi connectivity index (χ4v) is 6.27. The molecule has 4 rings (SSSR count). The SMILES string of the molecule is CC12CCC3C(C/C(=N\O)C4=C/C(=N/O)CCC43C)C1CCC(=O)N2. The first-order valence-electron chi connectivity index (χ1n) is 9.37. The van der Waals surface area contributed by atoms with Crippen molar-refractivity contribution in [3.8, 4) is 0 Å². The van der Waals surface area contributed by atoms with E-state index in [1.807, 2.05) is 6.08 Å². The van der Waals surface area contributed by atoms with Gasteiger partial charge in [0.2, 0.25) is 5.91 Å². The van der Waals surface area contributed by atoms with Gasteiger partial charge in [0.25, 0.3) is 0 Å². The van der Waals surface area contributed by atoms with E-state index in [1.165, 1.54) is 0 Å². The van der Waals surface area contributed by atoms with E-state index < -0.39 is 0 Å². The second-order valence-electron chi connectivity index (χ2n) is 8.74. The van der Waals surface area contributed by atoms with Crippen LogP contribution in [0, 0.1) is 23.2 Å². The molecule has 1 saturated heterocycles. The summed E-state index contributed by atoms with van der Waals surface area (Å²) in [6.45, 7) is 4.46. The quantitative estimate of drug-likeness (QED) is 0.465. The van der Waals surface area contributed by atoms with Gasteiger partial charge in [0.05, 0.1) is 11.4 Å². The van der Waals surface area contributed by atoms with Gasteiger partial charge in [0, 0.05) is 12.0 Å². The molecular formula is C19H27N3O3. The molecule has 0 aromatic carbocycles. The molecule has 1 heterocycles. The number of oxime groups is 2. The molecule has 0 bridgehead atoms. The minimum Gasteiger partial charge on any atom is -0.411 e. The van der Waals surface area contributed by atoms with E-state index in [9.17, 15) is 15.2 Å². The van der Waals surface area contributed by atoms with E-state index in [-0.39, 0.29) is 16.9 Å². The highest BCUT2D eigenvalue weighted by molar-refractivity contribution is 6.09. The lowest BCUT2D eigenvalue weighted by molar-refractivity contribution is -0.131. The fraction of sp³-hybridized carbons (Fsp3) is 0.737. The number of rotatable bonds is 0. The minimum absolute atomic E-state index is 0.0541. The van der Waals surface area contributed by atoms with Gasteiger partial charge >= 0.3 is 0 Å². The number of piperidine rings is 1. The minimum atomic E-state index is -0.138. The van der Waals surface area contributed by atoms with Crippen molar-refractivity contribution in [2.45, 2.75) is 64.3 Å². The number of amides is 1. The second kappa shape index (κ2) is 5.58. The summed E-state index contributed by atoms with van der Waals surface area (Å²) < 4.78 is 0. The van der Waals surface area contributed by atoms with E-state index in [4.69, 9.17) is 0 Å².